The van der Waals surface area contributed by atoms with Crippen LogP contribution in [0.3, 0.4) is 0 Å². The first kappa shape index (κ1) is 18.9. The summed E-state index contributed by atoms with van der Waals surface area (Å²) in [4.78, 5) is 28.6. The molecule has 7 heteroatoms. The van der Waals surface area contributed by atoms with Crippen molar-refractivity contribution in [3.63, 3.8) is 0 Å². The van der Waals surface area contributed by atoms with Gasteiger partial charge in [-0.05, 0) is 44.9 Å². The van der Waals surface area contributed by atoms with Gasteiger partial charge in [0.1, 0.15) is 11.3 Å². The number of ether oxygens (including phenoxy) is 1. The van der Waals surface area contributed by atoms with Crippen LogP contribution in [0.2, 0.25) is 0 Å². The van der Waals surface area contributed by atoms with Crippen LogP contribution < -0.4 is 4.90 Å². The molecule has 0 spiro atoms. The number of aryl methyl sites for hydroxylation is 3. The fourth-order valence-electron chi connectivity index (χ4n) is 3.34. The van der Waals surface area contributed by atoms with Crippen LogP contribution in [0.4, 0.5) is 5.69 Å². The summed E-state index contributed by atoms with van der Waals surface area (Å²) in [6.07, 6.45) is 0. The Bertz CT molecular complexity index is 831. The minimum atomic E-state index is -0.575. The van der Waals surface area contributed by atoms with Gasteiger partial charge in [0, 0.05) is 31.9 Å². The van der Waals surface area contributed by atoms with Crippen LogP contribution in [0.1, 0.15) is 32.9 Å². The van der Waals surface area contributed by atoms with Gasteiger partial charge < -0.3 is 19.1 Å². The summed E-state index contributed by atoms with van der Waals surface area (Å²) < 4.78 is 10.1. The van der Waals surface area contributed by atoms with Gasteiger partial charge in [-0.15, -0.1) is 0 Å². The van der Waals surface area contributed by atoms with Gasteiger partial charge in [-0.1, -0.05) is 17.3 Å². The minimum Gasteiger partial charge on any atom is -0.452 e. The lowest BCUT2D eigenvalue weighted by atomic mass is 10.1. The molecule has 1 saturated heterocycles. The summed E-state index contributed by atoms with van der Waals surface area (Å²) in [5.74, 6) is -0.364. The lowest BCUT2D eigenvalue weighted by Crippen LogP contribution is -2.50. The molecule has 0 atom stereocenters. The smallest absolute Gasteiger partial charge is 0.344 e. The van der Waals surface area contributed by atoms with Gasteiger partial charge in [0.15, 0.2) is 6.61 Å². The van der Waals surface area contributed by atoms with Gasteiger partial charge in [-0.3, -0.25) is 4.79 Å². The molecular weight excluding hydrogens is 346 g/mol. The van der Waals surface area contributed by atoms with E-state index in [9.17, 15) is 9.59 Å². The summed E-state index contributed by atoms with van der Waals surface area (Å²) >= 11 is 0. The van der Waals surface area contributed by atoms with E-state index in [-0.39, 0.29) is 12.5 Å². The summed E-state index contributed by atoms with van der Waals surface area (Å²) in [7, 11) is 0. The van der Waals surface area contributed by atoms with Crippen molar-refractivity contribution in [2.24, 2.45) is 0 Å². The van der Waals surface area contributed by atoms with Crippen LogP contribution in [0.15, 0.2) is 22.7 Å². The average molecular weight is 371 g/mol. The van der Waals surface area contributed by atoms with Crippen LogP contribution >= 0.6 is 0 Å². The number of anilines is 1. The Morgan fingerprint density at radius 3 is 2.44 bits per heavy atom. The summed E-state index contributed by atoms with van der Waals surface area (Å²) in [5.41, 5.74) is 4.50. The number of aromatic nitrogens is 1. The Morgan fingerprint density at radius 1 is 1.11 bits per heavy atom. The lowest BCUT2D eigenvalue weighted by molar-refractivity contribution is -0.134. The fourth-order valence-corrected chi connectivity index (χ4v) is 3.34. The van der Waals surface area contributed by atoms with Gasteiger partial charge in [-0.25, -0.2) is 4.79 Å². The van der Waals surface area contributed by atoms with Crippen LogP contribution in [0.25, 0.3) is 0 Å². The number of hydrogen-bond acceptors (Lipinski definition) is 6. The van der Waals surface area contributed by atoms with Gasteiger partial charge in [-0.2, -0.15) is 0 Å². The molecule has 1 aliphatic rings. The average Bonchev–Trinajstić information content (AvgIpc) is 3.00. The second-order valence-corrected chi connectivity index (χ2v) is 6.86. The van der Waals surface area contributed by atoms with E-state index in [0.717, 1.165) is 13.1 Å². The van der Waals surface area contributed by atoms with Gasteiger partial charge in [0.2, 0.25) is 0 Å². The first-order valence-corrected chi connectivity index (χ1v) is 9.07. The van der Waals surface area contributed by atoms with Crippen molar-refractivity contribution >= 4 is 17.6 Å². The Kier molecular flexibility index (Phi) is 5.48. The Morgan fingerprint density at radius 2 is 1.81 bits per heavy atom. The number of hydrogen-bond donors (Lipinski definition) is 0. The van der Waals surface area contributed by atoms with E-state index in [2.05, 4.69) is 42.1 Å². The second-order valence-electron chi connectivity index (χ2n) is 6.86. The molecular formula is C20H25N3O4. The normalized spacial score (nSPS) is 14.4. The fraction of sp³-hybridized carbons (Fsp3) is 0.450. The molecule has 1 aromatic heterocycles. The van der Waals surface area contributed by atoms with E-state index >= 15 is 0 Å². The molecule has 1 fully saturated rings. The molecule has 1 aliphatic heterocycles. The Balaban J connectivity index is 1.53. The van der Waals surface area contributed by atoms with Gasteiger partial charge >= 0.3 is 5.97 Å². The molecule has 3 rings (SSSR count). The maximum absolute atomic E-state index is 12.4. The van der Waals surface area contributed by atoms with Crippen molar-refractivity contribution in [3.8, 4) is 0 Å². The Labute approximate surface area is 158 Å². The largest absolute Gasteiger partial charge is 0.452 e. The zero-order chi connectivity index (χ0) is 19.6. The third kappa shape index (κ3) is 3.97. The number of piperazine rings is 1. The van der Waals surface area contributed by atoms with E-state index in [1.807, 2.05) is 0 Å². The number of esters is 1. The highest BCUT2D eigenvalue weighted by Crippen LogP contribution is 2.24. The van der Waals surface area contributed by atoms with E-state index in [1.54, 1.807) is 18.7 Å². The molecule has 0 radical (unpaired) electrons. The molecule has 144 valence electrons. The van der Waals surface area contributed by atoms with E-state index in [0.29, 0.717) is 30.1 Å². The molecule has 0 bridgehead atoms. The molecule has 2 heterocycles. The predicted octanol–water partition coefficient (Wildman–Crippen LogP) is 2.41. The molecule has 1 aromatic carbocycles. The summed E-state index contributed by atoms with van der Waals surface area (Å²) in [6.45, 7) is 9.99. The maximum Gasteiger partial charge on any atom is 0.344 e. The predicted molar refractivity (Wildman–Crippen MR) is 101 cm³/mol. The zero-order valence-electron chi connectivity index (χ0n) is 16.2. The monoisotopic (exact) mass is 371 g/mol. The molecule has 27 heavy (non-hydrogen) atoms. The number of rotatable bonds is 4. The SMILES string of the molecule is Cc1cccc(N2CCN(C(=O)COC(=O)c3c(C)noc3C)CC2)c1C. The van der Waals surface area contributed by atoms with Crippen molar-refractivity contribution in [2.45, 2.75) is 27.7 Å². The third-order valence-corrected chi connectivity index (χ3v) is 5.11. The highest BCUT2D eigenvalue weighted by Gasteiger charge is 2.25. The minimum absolute atomic E-state index is 0.185. The zero-order valence-corrected chi connectivity index (χ0v) is 16.2. The molecule has 0 saturated carbocycles. The van der Waals surface area contributed by atoms with Crippen LogP contribution in [0, 0.1) is 27.7 Å². The van der Waals surface area contributed by atoms with Crippen molar-refractivity contribution in [1.82, 2.24) is 10.1 Å². The molecule has 0 unspecified atom stereocenters. The van der Waals surface area contributed by atoms with Crippen molar-refractivity contribution in [1.29, 1.82) is 0 Å². The van der Waals surface area contributed by atoms with Crippen LogP contribution in [0.5, 0.6) is 0 Å². The van der Waals surface area contributed by atoms with E-state index < -0.39 is 5.97 Å². The lowest BCUT2D eigenvalue weighted by Gasteiger charge is -2.37. The maximum atomic E-state index is 12.4. The van der Waals surface area contributed by atoms with Crippen molar-refractivity contribution in [3.05, 3.63) is 46.3 Å². The van der Waals surface area contributed by atoms with Crippen molar-refractivity contribution < 1.29 is 18.8 Å². The number of amides is 1. The molecule has 1 amide bonds. The molecule has 2 aromatic rings. The number of carbonyl (C=O) groups is 2. The standard InChI is InChI=1S/C20H25N3O4/c1-13-6-5-7-17(14(13)2)22-8-10-23(11-9-22)18(24)12-26-20(25)19-15(3)21-27-16(19)4/h5-7H,8-12H2,1-4H3. The number of benzene rings is 1. The van der Waals surface area contributed by atoms with E-state index in [1.165, 1.54) is 16.8 Å². The summed E-state index contributed by atoms with van der Waals surface area (Å²) in [6, 6.07) is 6.28. The van der Waals surface area contributed by atoms with Crippen LogP contribution in [-0.4, -0.2) is 54.7 Å². The molecule has 7 nitrogen and oxygen atoms in total. The Hall–Kier alpha value is -2.83. The first-order valence-electron chi connectivity index (χ1n) is 9.07. The molecule has 0 N–H and O–H groups in total. The number of carbonyl (C=O) groups excluding carboxylic acids is 2. The number of nitrogens with zero attached hydrogens (tertiary/aromatic N) is 3. The molecule has 0 aliphatic carbocycles. The first-order chi connectivity index (χ1) is 12.9. The van der Waals surface area contributed by atoms with Crippen LogP contribution in [-0.2, 0) is 9.53 Å². The topological polar surface area (TPSA) is 75.9 Å². The highest BCUT2D eigenvalue weighted by molar-refractivity contribution is 5.93. The highest BCUT2D eigenvalue weighted by atomic mass is 16.5. The third-order valence-electron chi connectivity index (χ3n) is 5.11. The summed E-state index contributed by atoms with van der Waals surface area (Å²) in [5, 5.41) is 3.73. The second kappa shape index (κ2) is 7.82. The van der Waals surface area contributed by atoms with Gasteiger partial charge in [0.25, 0.3) is 5.91 Å². The quantitative estimate of drug-likeness (QED) is 0.769. The van der Waals surface area contributed by atoms with Gasteiger partial charge in [0.05, 0.1) is 5.69 Å². The van der Waals surface area contributed by atoms with Crippen molar-refractivity contribution in [2.75, 3.05) is 37.7 Å². The van der Waals surface area contributed by atoms with E-state index in [4.69, 9.17) is 9.26 Å².